The molecule has 114 valence electrons. The Morgan fingerprint density at radius 1 is 1.04 bits per heavy atom. The van der Waals surface area contributed by atoms with Gasteiger partial charge in [0.2, 0.25) is 0 Å². The Hall–Kier alpha value is -3.15. The molecule has 4 rings (SSSR count). The van der Waals surface area contributed by atoms with Crippen LogP contribution in [0.1, 0.15) is 18.5 Å². The Bertz CT molecular complexity index is 1020. The van der Waals surface area contributed by atoms with E-state index >= 15 is 0 Å². The predicted octanol–water partition coefficient (Wildman–Crippen LogP) is 2.75. The molecule has 4 aromatic rings. The summed E-state index contributed by atoms with van der Waals surface area (Å²) < 4.78 is 2.08. The van der Waals surface area contributed by atoms with Gasteiger partial charge in [-0.2, -0.15) is 0 Å². The van der Waals surface area contributed by atoms with E-state index in [2.05, 4.69) is 44.6 Å². The van der Waals surface area contributed by atoms with Crippen molar-refractivity contribution in [3.8, 4) is 0 Å². The van der Waals surface area contributed by atoms with Crippen LogP contribution < -0.4 is 11.5 Å². The Morgan fingerprint density at radius 3 is 2.74 bits per heavy atom. The van der Waals surface area contributed by atoms with Crippen LogP contribution >= 0.6 is 0 Å². The third kappa shape index (κ3) is 2.15. The van der Waals surface area contributed by atoms with Crippen molar-refractivity contribution in [2.75, 3.05) is 11.5 Å². The van der Waals surface area contributed by atoms with Gasteiger partial charge in [-0.15, -0.1) is 0 Å². The van der Waals surface area contributed by atoms with E-state index < -0.39 is 0 Å². The second-order valence-electron chi connectivity index (χ2n) is 5.58. The largest absolute Gasteiger partial charge is 0.384 e. The molecule has 0 radical (unpaired) electrons. The van der Waals surface area contributed by atoms with Gasteiger partial charge in [0.1, 0.15) is 23.6 Å². The fraction of sp³-hybridized carbons (Fsp3) is 0.118. The van der Waals surface area contributed by atoms with Gasteiger partial charge in [-0.25, -0.2) is 15.0 Å². The lowest BCUT2D eigenvalue weighted by Gasteiger charge is -2.16. The first-order chi connectivity index (χ1) is 11.1. The standard InChI is InChI=1S/C17H16N6/c1-10(23-7-6-13-16(19)20-9-21-17(13)23)12-3-2-11-4-5-15(18)22-14(11)8-12/h2-10H,1H3,(H2,18,22)(H2,19,20,21). The van der Waals surface area contributed by atoms with Crippen LogP contribution in [-0.4, -0.2) is 19.5 Å². The van der Waals surface area contributed by atoms with Crippen molar-refractivity contribution in [1.29, 1.82) is 0 Å². The molecular weight excluding hydrogens is 288 g/mol. The Balaban J connectivity index is 1.84. The van der Waals surface area contributed by atoms with Crippen LogP contribution in [0.25, 0.3) is 21.9 Å². The van der Waals surface area contributed by atoms with Gasteiger partial charge >= 0.3 is 0 Å². The van der Waals surface area contributed by atoms with Crippen LogP contribution in [0.15, 0.2) is 48.9 Å². The van der Waals surface area contributed by atoms with Crippen molar-refractivity contribution in [1.82, 2.24) is 19.5 Å². The highest BCUT2D eigenvalue weighted by molar-refractivity contribution is 5.86. The van der Waals surface area contributed by atoms with Gasteiger partial charge in [0.25, 0.3) is 0 Å². The van der Waals surface area contributed by atoms with Crippen LogP contribution in [0.2, 0.25) is 0 Å². The molecule has 0 saturated carbocycles. The Labute approximate surface area is 132 Å². The zero-order valence-corrected chi connectivity index (χ0v) is 12.6. The van der Waals surface area contributed by atoms with Gasteiger partial charge in [-0.05, 0) is 36.8 Å². The molecule has 0 saturated heterocycles. The molecule has 0 aliphatic heterocycles. The summed E-state index contributed by atoms with van der Waals surface area (Å²) in [4.78, 5) is 12.8. The van der Waals surface area contributed by atoms with E-state index in [1.165, 1.54) is 6.33 Å². The maximum absolute atomic E-state index is 5.91. The van der Waals surface area contributed by atoms with Gasteiger partial charge in [0.15, 0.2) is 0 Å². The Kier molecular flexibility index (Phi) is 2.90. The molecule has 0 spiro atoms. The number of nitrogens with zero attached hydrogens (tertiary/aromatic N) is 4. The lowest BCUT2D eigenvalue weighted by Crippen LogP contribution is -2.07. The summed E-state index contributed by atoms with van der Waals surface area (Å²) in [5.41, 5.74) is 14.5. The van der Waals surface area contributed by atoms with Crippen LogP contribution in [0.3, 0.4) is 0 Å². The highest BCUT2D eigenvalue weighted by Crippen LogP contribution is 2.27. The maximum Gasteiger partial charge on any atom is 0.146 e. The number of anilines is 2. The number of benzene rings is 1. The third-order valence-corrected chi connectivity index (χ3v) is 4.18. The zero-order valence-electron chi connectivity index (χ0n) is 12.6. The summed E-state index contributed by atoms with van der Waals surface area (Å²) in [6, 6.07) is 12.0. The van der Waals surface area contributed by atoms with Crippen LogP contribution in [0.4, 0.5) is 11.6 Å². The highest BCUT2D eigenvalue weighted by Gasteiger charge is 2.13. The topological polar surface area (TPSA) is 95.6 Å². The molecule has 4 N–H and O–H groups in total. The van der Waals surface area contributed by atoms with Crippen LogP contribution in [0.5, 0.6) is 0 Å². The Morgan fingerprint density at radius 2 is 1.87 bits per heavy atom. The molecule has 3 heterocycles. The fourth-order valence-corrected chi connectivity index (χ4v) is 2.87. The van der Waals surface area contributed by atoms with E-state index in [1.54, 1.807) is 0 Å². The molecule has 6 heteroatoms. The molecule has 1 aromatic carbocycles. The molecule has 0 bridgehead atoms. The molecular formula is C17H16N6. The third-order valence-electron chi connectivity index (χ3n) is 4.18. The van der Waals surface area contributed by atoms with E-state index in [1.807, 2.05) is 24.4 Å². The molecule has 0 fully saturated rings. The number of pyridine rings is 1. The highest BCUT2D eigenvalue weighted by atomic mass is 15.1. The summed E-state index contributed by atoms with van der Waals surface area (Å²) in [5.74, 6) is 1.02. The summed E-state index contributed by atoms with van der Waals surface area (Å²) in [7, 11) is 0. The average Bonchev–Trinajstić information content (AvgIpc) is 2.99. The summed E-state index contributed by atoms with van der Waals surface area (Å²) in [6.07, 6.45) is 3.47. The van der Waals surface area contributed by atoms with Crippen molar-refractivity contribution in [2.24, 2.45) is 0 Å². The molecule has 6 nitrogen and oxygen atoms in total. The maximum atomic E-state index is 5.91. The monoisotopic (exact) mass is 304 g/mol. The second kappa shape index (κ2) is 4.95. The zero-order chi connectivity index (χ0) is 16.0. The molecule has 1 unspecified atom stereocenters. The van der Waals surface area contributed by atoms with E-state index in [4.69, 9.17) is 11.5 Å². The average molecular weight is 304 g/mol. The number of aromatic nitrogens is 4. The number of nitrogens with two attached hydrogens (primary N) is 2. The van der Waals surface area contributed by atoms with E-state index in [9.17, 15) is 0 Å². The van der Waals surface area contributed by atoms with Crippen molar-refractivity contribution < 1.29 is 0 Å². The lowest BCUT2D eigenvalue weighted by molar-refractivity contribution is 0.658. The first-order valence-electron chi connectivity index (χ1n) is 7.36. The van der Waals surface area contributed by atoms with Crippen molar-refractivity contribution >= 4 is 33.6 Å². The first kappa shape index (κ1) is 13.5. The van der Waals surface area contributed by atoms with Crippen molar-refractivity contribution in [2.45, 2.75) is 13.0 Å². The molecule has 1 atom stereocenters. The van der Waals surface area contributed by atoms with Gasteiger partial charge < -0.3 is 16.0 Å². The number of rotatable bonds is 2. The number of fused-ring (bicyclic) bond motifs is 2. The van der Waals surface area contributed by atoms with E-state index in [0.29, 0.717) is 11.6 Å². The van der Waals surface area contributed by atoms with E-state index in [0.717, 1.165) is 27.5 Å². The summed E-state index contributed by atoms with van der Waals surface area (Å²) >= 11 is 0. The minimum absolute atomic E-state index is 0.0921. The van der Waals surface area contributed by atoms with Gasteiger partial charge in [-0.3, -0.25) is 0 Å². The van der Waals surface area contributed by atoms with Crippen LogP contribution in [-0.2, 0) is 0 Å². The molecule has 0 aliphatic rings. The minimum atomic E-state index is 0.0921. The molecule has 23 heavy (non-hydrogen) atoms. The SMILES string of the molecule is CC(c1ccc2ccc(N)nc2c1)n1ccc2c(N)ncnc21. The lowest BCUT2D eigenvalue weighted by atomic mass is 10.1. The molecule has 0 amide bonds. The molecule has 0 aliphatic carbocycles. The number of hydrogen-bond acceptors (Lipinski definition) is 5. The molecule has 3 aromatic heterocycles. The van der Waals surface area contributed by atoms with Crippen LogP contribution in [0, 0.1) is 0 Å². The van der Waals surface area contributed by atoms with Gasteiger partial charge in [0, 0.05) is 11.6 Å². The quantitative estimate of drug-likeness (QED) is 0.593. The minimum Gasteiger partial charge on any atom is -0.384 e. The summed E-state index contributed by atoms with van der Waals surface area (Å²) in [6.45, 7) is 2.12. The predicted molar refractivity (Wildman–Crippen MR) is 91.9 cm³/mol. The fourth-order valence-electron chi connectivity index (χ4n) is 2.87. The first-order valence-corrected chi connectivity index (χ1v) is 7.36. The van der Waals surface area contributed by atoms with Gasteiger partial charge in [0.05, 0.1) is 16.9 Å². The van der Waals surface area contributed by atoms with E-state index in [-0.39, 0.29) is 6.04 Å². The number of hydrogen-bond donors (Lipinski definition) is 2. The van der Waals surface area contributed by atoms with Crippen molar-refractivity contribution in [3.63, 3.8) is 0 Å². The number of nitrogen functional groups attached to an aromatic ring is 2. The second-order valence-corrected chi connectivity index (χ2v) is 5.58. The van der Waals surface area contributed by atoms with Gasteiger partial charge in [-0.1, -0.05) is 12.1 Å². The summed E-state index contributed by atoms with van der Waals surface area (Å²) in [5, 5.41) is 1.93. The normalized spacial score (nSPS) is 12.7. The van der Waals surface area contributed by atoms with Crippen molar-refractivity contribution in [3.05, 3.63) is 54.5 Å². The smallest absolute Gasteiger partial charge is 0.146 e.